The van der Waals surface area contributed by atoms with Crippen LogP contribution in [0, 0.1) is 18.8 Å². The van der Waals surface area contributed by atoms with Gasteiger partial charge in [0.2, 0.25) is 0 Å². The summed E-state index contributed by atoms with van der Waals surface area (Å²) in [6, 6.07) is 6.32. The lowest BCUT2D eigenvalue weighted by atomic mass is 10.1. The van der Waals surface area contributed by atoms with Gasteiger partial charge in [-0.3, -0.25) is 0 Å². The van der Waals surface area contributed by atoms with E-state index in [1.165, 1.54) is 5.56 Å². The number of ether oxygens (including phenoxy) is 2. The van der Waals surface area contributed by atoms with Crippen molar-refractivity contribution >= 4 is 29.9 Å². The van der Waals surface area contributed by atoms with Crippen LogP contribution in [0.25, 0.3) is 0 Å². The number of aliphatic imine (C=N–C) groups is 1. The fraction of sp³-hybridized carbons (Fsp3) is 0.583. The molecule has 178 valence electrons. The van der Waals surface area contributed by atoms with Gasteiger partial charge in [0, 0.05) is 43.6 Å². The molecule has 1 aromatic heterocycles. The molecule has 8 heteroatoms. The van der Waals surface area contributed by atoms with E-state index in [0.29, 0.717) is 31.5 Å². The molecule has 1 aromatic carbocycles. The van der Waals surface area contributed by atoms with Gasteiger partial charge in [0.05, 0.1) is 26.3 Å². The largest absolute Gasteiger partial charge is 0.493 e. The first-order valence-corrected chi connectivity index (χ1v) is 11.4. The van der Waals surface area contributed by atoms with Crippen LogP contribution >= 0.6 is 24.0 Å². The number of aromatic nitrogens is 2. The summed E-state index contributed by atoms with van der Waals surface area (Å²) in [6.07, 6.45) is 4.96. The fourth-order valence-corrected chi connectivity index (χ4v) is 3.58. The first-order chi connectivity index (χ1) is 15.0. The molecule has 0 radical (unpaired) electrons. The standard InChI is InChI=1S/C24H37N5O2.HI/c1-5-25-24(28-14-23-26-9-10-29(23)15-18(2)3)27-13-21-7-6-19(4)12-22(21)31-17-20-8-11-30-16-20;/h6-7,9-10,12,18,20H,5,8,11,13-17H2,1-4H3,(H2,25,27,28);1H. The minimum atomic E-state index is 0. The van der Waals surface area contributed by atoms with Crippen molar-refractivity contribution in [1.82, 2.24) is 20.2 Å². The quantitative estimate of drug-likeness (QED) is 0.262. The van der Waals surface area contributed by atoms with E-state index in [0.717, 1.165) is 55.8 Å². The Morgan fingerprint density at radius 1 is 1.34 bits per heavy atom. The number of hydrogen-bond donors (Lipinski definition) is 2. The molecule has 0 aliphatic carbocycles. The van der Waals surface area contributed by atoms with Gasteiger partial charge in [-0.1, -0.05) is 26.0 Å². The van der Waals surface area contributed by atoms with Crippen LogP contribution in [-0.2, 0) is 24.4 Å². The lowest BCUT2D eigenvalue weighted by Crippen LogP contribution is -2.37. The van der Waals surface area contributed by atoms with Gasteiger partial charge in [-0.25, -0.2) is 9.98 Å². The second-order valence-corrected chi connectivity index (χ2v) is 8.59. The molecular formula is C24H38IN5O2. The Balaban J connectivity index is 0.00000363. The molecule has 1 fully saturated rings. The minimum absolute atomic E-state index is 0. The summed E-state index contributed by atoms with van der Waals surface area (Å²) in [4.78, 5) is 9.29. The minimum Gasteiger partial charge on any atom is -0.493 e. The average molecular weight is 556 g/mol. The second kappa shape index (κ2) is 13.7. The number of aryl methyl sites for hydroxylation is 1. The molecule has 2 aromatic rings. The number of halogens is 1. The van der Waals surface area contributed by atoms with Crippen molar-refractivity contribution in [3.8, 4) is 5.75 Å². The molecular weight excluding hydrogens is 517 g/mol. The third kappa shape index (κ3) is 8.27. The Hall–Kier alpha value is -1.81. The number of rotatable bonds is 10. The van der Waals surface area contributed by atoms with Crippen LogP contribution in [0.5, 0.6) is 5.75 Å². The molecule has 0 saturated carbocycles. The van der Waals surface area contributed by atoms with E-state index in [2.05, 4.69) is 66.1 Å². The van der Waals surface area contributed by atoms with Crippen molar-refractivity contribution in [2.45, 2.75) is 53.8 Å². The molecule has 2 heterocycles. The number of nitrogens with zero attached hydrogens (tertiary/aromatic N) is 3. The van der Waals surface area contributed by atoms with Gasteiger partial charge in [-0.05, 0) is 37.8 Å². The summed E-state index contributed by atoms with van der Waals surface area (Å²) >= 11 is 0. The summed E-state index contributed by atoms with van der Waals surface area (Å²) < 4.78 is 13.8. The van der Waals surface area contributed by atoms with Crippen LogP contribution in [0.15, 0.2) is 35.6 Å². The SMILES string of the molecule is CCNC(=NCc1ccc(C)cc1OCC1CCOC1)NCc1nccn1CC(C)C.I. The molecule has 1 atom stereocenters. The number of imidazole rings is 1. The summed E-state index contributed by atoms with van der Waals surface area (Å²) in [5.74, 6) is 3.75. The highest BCUT2D eigenvalue weighted by molar-refractivity contribution is 14.0. The first-order valence-electron chi connectivity index (χ1n) is 11.4. The molecule has 0 bridgehead atoms. The molecule has 1 unspecified atom stereocenters. The Kier molecular flexibility index (Phi) is 11.3. The summed E-state index contributed by atoms with van der Waals surface area (Å²) in [6.45, 7) is 13.8. The van der Waals surface area contributed by atoms with Gasteiger partial charge in [-0.2, -0.15) is 0 Å². The van der Waals surface area contributed by atoms with Crippen LogP contribution in [0.4, 0.5) is 0 Å². The summed E-state index contributed by atoms with van der Waals surface area (Å²) in [5, 5.41) is 6.74. The highest BCUT2D eigenvalue weighted by atomic mass is 127. The molecule has 1 aliphatic heterocycles. The molecule has 0 spiro atoms. The monoisotopic (exact) mass is 555 g/mol. The van der Waals surface area contributed by atoms with Crippen LogP contribution in [-0.4, -0.2) is 41.9 Å². The Labute approximate surface area is 209 Å². The van der Waals surface area contributed by atoms with Crippen LogP contribution in [0.3, 0.4) is 0 Å². The van der Waals surface area contributed by atoms with Crippen molar-refractivity contribution in [2.75, 3.05) is 26.4 Å². The Morgan fingerprint density at radius 2 is 2.19 bits per heavy atom. The summed E-state index contributed by atoms with van der Waals surface area (Å²) in [7, 11) is 0. The molecule has 1 aliphatic rings. The maximum Gasteiger partial charge on any atom is 0.191 e. The molecule has 0 amide bonds. The normalized spacial score (nSPS) is 16.2. The predicted octanol–water partition coefficient (Wildman–Crippen LogP) is 4.14. The molecule has 32 heavy (non-hydrogen) atoms. The van der Waals surface area contributed by atoms with Gasteiger partial charge >= 0.3 is 0 Å². The molecule has 7 nitrogen and oxygen atoms in total. The van der Waals surface area contributed by atoms with E-state index in [1.54, 1.807) is 0 Å². The van der Waals surface area contributed by atoms with Crippen molar-refractivity contribution in [3.05, 3.63) is 47.5 Å². The highest BCUT2D eigenvalue weighted by Crippen LogP contribution is 2.23. The third-order valence-electron chi connectivity index (χ3n) is 5.25. The number of guanidine groups is 1. The molecule has 3 rings (SSSR count). The number of nitrogens with one attached hydrogen (secondary N) is 2. The van der Waals surface area contributed by atoms with Gasteiger partial charge < -0.3 is 24.7 Å². The van der Waals surface area contributed by atoms with Gasteiger partial charge in [0.1, 0.15) is 11.6 Å². The van der Waals surface area contributed by atoms with Crippen LogP contribution < -0.4 is 15.4 Å². The second-order valence-electron chi connectivity index (χ2n) is 8.59. The van der Waals surface area contributed by atoms with Gasteiger partial charge in [0.25, 0.3) is 0 Å². The molecule has 1 saturated heterocycles. The van der Waals surface area contributed by atoms with Crippen LogP contribution in [0.2, 0.25) is 0 Å². The Bertz CT molecular complexity index is 847. The van der Waals surface area contributed by atoms with E-state index in [9.17, 15) is 0 Å². The zero-order valence-electron chi connectivity index (χ0n) is 19.8. The summed E-state index contributed by atoms with van der Waals surface area (Å²) in [5.41, 5.74) is 2.27. The smallest absolute Gasteiger partial charge is 0.191 e. The van der Waals surface area contributed by atoms with E-state index >= 15 is 0 Å². The fourth-order valence-electron chi connectivity index (χ4n) is 3.58. The highest BCUT2D eigenvalue weighted by Gasteiger charge is 2.17. The van der Waals surface area contributed by atoms with Crippen molar-refractivity contribution in [2.24, 2.45) is 16.8 Å². The third-order valence-corrected chi connectivity index (χ3v) is 5.25. The van der Waals surface area contributed by atoms with Crippen molar-refractivity contribution < 1.29 is 9.47 Å². The zero-order chi connectivity index (χ0) is 22.1. The van der Waals surface area contributed by atoms with E-state index in [4.69, 9.17) is 14.5 Å². The van der Waals surface area contributed by atoms with Crippen molar-refractivity contribution in [3.63, 3.8) is 0 Å². The average Bonchev–Trinajstić information content (AvgIpc) is 3.41. The van der Waals surface area contributed by atoms with E-state index < -0.39 is 0 Å². The van der Waals surface area contributed by atoms with Gasteiger partial charge in [0.15, 0.2) is 5.96 Å². The number of hydrogen-bond acceptors (Lipinski definition) is 4. The number of benzene rings is 1. The van der Waals surface area contributed by atoms with Crippen LogP contribution in [0.1, 0.15) is 44.1 Å². The predicted molar refractivity (Wildman–Crippen MR) is 140 cm³/mol. The van der Waals surface area contributed by atoms with Crippen molar-refractivity contribution in [1.29, 1.82) is 0 Å². The Morgan fingerprint density at radius 3 is 2.91 bits per heavy atom. The zero-order valence-corrected chi connectivity index (χ0v) is 22.1. The topological polar surface area (TPSA) is 72.7 Å². The maximum atomic E-state index is 6.16. The lowest BCUT2D eigenvalue weighted by molar-refractivity contribution is 0.166. The van der Waals surface area contributed by atoms with Gasteiger partial charge in [-0.15, -0.1) is 24.0 Å². The maximum absolute atomic E-state index is 6.16. The van der Waals surface area contributed by atoms with E-state index in [1.807, 2.05) is 12.4 Å². The van der Waals surface area contributed by atoms with E-state index in [-0.39, 0.29) is 24.0 Å². The lowest BCUT2D eigenvalue weighted by Gasteiger charge is -2.16. The molecule has 2 N–H and O–H groups in total. The first kappa shape index (κ1) is 26.4.